The van der Waals surface area contributed by atoms with E-state index in [0.717, 1.165) is 31.2 Å². The molecule has 0 aliphatic rings. The van der Waals surface area contributed by atoms with Gasteiger partial charge in [-0.3, -0.25) is 9.59 Å². The third kappa shape index (κ3) is 12.9. The van der Waals surface area contributed by atoms with Gasteiger partial charge >= 0.3 is 0 Å². The molecule has 1 heterocycles. The lowest BCUT2D eigenvalue weighted by molar-refractivity contribution is -0.141. The van der Waals surface area contributed by atoms with Crippen molar-refractivity contribution in [1.82, 2.24) is 9.80 Å². The summed E-state index contributed by atoms with van der Waals surface area (Å²) in [6.45, 7) is 8.37. The van der Waals surface area contributed by atoms with Crippen LogP contribution in [0, 0.1) is 6.92 Å². The Morgan fingerprint density at radius 1 is 0.756 bits per heavy atom. The number of carbonyl (C=O) groups is 2. The number of carbonyl (C=O) groups excluding carboxylic acids is 2. The van der Waals surface area contributed by atoms with Crippen molar-refractivity contribution in [1.29, 1.82) is 0 Å². The highest BCUT2D eigenvalue weighted by atomic mass is 32.1. The topological polar surface area (TPSA) is 59.1 Å². The molecule has 0 spiro atoms. The van der Waals surface area contributed by atoms with Gasteiger partial charge in [0.2, 0.25) is 11.8 Å². The maximum atomic E-state index is 13.7. The number of rotatable bonds is 22. The number of ether oxygens (including phenoxy) is 2. The van der Waals surface area contributed by atoms with Crippen molar-refractivity contribution in [3.63, 3.8) is 0 Å². The van der Waals surface area contributed by atoms with Crippen LogP contribution in [-0.2, 0) is 22.6 Å². The molecule has 0 aliphatic heterocycles. The Hall–Kier alpha value is -2.54. The van der Waals surface area contributed by atoms with E-state index in [-0.39, 0.29) is 18.4 Å². The Kier molecular flexibility index (Phi) is 17.2. The van der Waals surface area contributed by atoms with Crippen LogP contribution >= 0.6 is 11.3 Å². The summed E-state index contributed by atoms with van der Waals surface area (Å²) >= 11 is 1.68. The van der Waals surface area contributed by atoms with Crippen molar-refractivity contribution >= 4 is 23.2 Å². The van der Waals surface area contributed by atoms with Gasteiger partial charge in [-0.05, 0) is 60.9 Å². The first-order valence-corrected chi connectivity index (χ1v) is 16.6. The van der Waals surface area contributed by atoms with Crippen LogP contribution in [0.3, 0.4) is 0 Å². The average molecular weight is 587 g/mol. The van der Waals surface area contributed by atoms with Crippen molar-refractivity contribution < 1.29 is 19.1 Å². The fourth-order valence-electron chi connectivity index (χ4n) is 4.98. The van der Waals surface area contributed by atoms with Gasteiger partial charge in [-0.1, -0.05) is 77.7 Å². The number of hydrogen-bond donors (Lipinski definition) is 0. The van der Waals surface area contributed by atoms with Gasteiger partial charge in [-0.2, -0.15) is 0 Å². The smallest absolute Gasteiger partial charge is 0.242 e. The minimum absolute atomic E-state index is 0.00908. The predicted octanol–water partition coefficient (Wildman–Crippen LogP) is 8.19. The molecule has 6 nitrogen and oxygen atoms in total. The SMILES string of the molecule is CCCCCCCCCCCC(=O)N(CCCC)CC(=O)N(CCc1ccc(OC)c(OC)c1)Cc1sccc1C. The second-order valence-corrected chi connectivity index (χ2v) is 12.0. The molecule has 0 fully saturated rings. The molecule has 0 atom stereocenters. The summed E-state index contributed by atoms with van der Waals surface area (Å²) in [5.74, 6) is 1.50. The molecule has 7 heteroatoms. The van der Waals surface area contributed by atoms with Crippen LogP contribution in [0.1, 0.15) is 107 Å². The highest BCUT2D eigenvalue weighted by Crippen LogP contribution is 2.28. The first-order valence-electron chi connectivity index (χ1n) is 15.7. The van der Waals surface area contributed by atoms with Gasteiger partial charge in [-0.25, -0.2) is 0 Å². The van der Waals surface area contributed by atoms with Gasteiger partial charge in [0, 0.05) is 24.4 Å². The quantitative estimate of drug-likeness (QED) is 0.131. The number of benzene rings is 1. The zero-order chi connectivity index (χ0) is 29.9. The third-order valence-electron chi connectivity index (χ3n) is 7.73. The lowest BCUT2D eigenvalue weighted by Crippen LogP contribution is -2.43. The summed E-state index contributed by atoms with van der Waals surface area (Å²) in [5.41, 5.74) is 2.27. The lowest BCUT2D eigenvalue weighted by atomic mass is 10.1. The lowest BCUT2D eigenvalue weighted by Gasteiger charge is -2.28. The zero-order valence-corrected chi connectivity index (χ0v) is 27.2. The van der Waals surface area contributed by atoms with Gasteiger partial charge in [0.05, 0.1) is 27.3 Å². The molecule has 230 valence electrons. The standard InChI is InChI=1S/C34H54N2O4S/c1-6-8-10-11-12-13-14-15-16-17-33(37)35(22-9-7-2)27-34(38)36(26-32-28(3)21-24-41-32)23-20-29-18-19-30(39-4)31(25-29)40-5/h18-19,21,24-25H,6-17,20,22-23,26-27H2,1-5H3. The highest BCUT2D eigenvalue weighted by molar-refractivity contribution is 7.10. The van der Waals surface area contributed by atoms with Crippen LogP contribution in [0.25, 0.3) is 0 Å². The Labute approximate surface area is 253 Å². The predicted molar refractivity (Wildman–Crippen MR) is 171 cm³/mol. The second kappa shape index (κ2) is 20.4. The van der Waals surface area contributed by atoms with E-state index in [0.29, 0.717) is 44.0 Å². The van der Waals surface area contributed by atoms with Gasteiger partial charge in [0.1, 0.15) is 0 Å². The first kappa shape index (κ1) is 34.7. The van der Waals surface area contributed by atoms with Crippen LogP contribution in [0.15, 0.2) is 29.6 Å². The normalized spacial score (nSPS) is 11.0. The number of nitrogens with zero attached hydrogens (tertiary/aromatic N) is 2. The molecule has 0 saturated heterocycles. The molecule has 0 N–H and O–H groups in total. The van der Waals surface area contributed by atoms with E-state index < -0.39 is 0 Å². The van der Waals surface area contributed by atoms with Crippen molar-refractivity contribution in [2.75, 3.05) is 33.9 Å². The zero-order valence-electron chi connectivity index (χ0n) is 26.3. The van der Waals surface area contributed by atoms with Crippen LogP contribution in [0.2, 0.25) is 0 Å². The molecule has 0 unspecified atom stereocenters. The average Bonchev–Trinajstić information content (AvgIpc) is 3.39. The van der Waals surface area contributed by atoms with Gasteiger partial charge in [0.25, 0.3) is 0 Å². The Bertz CT molecular complexity index is 1020. The summed E-state index contributed by atoms with van der Waals surface area (Å²) in [5, 5.41) is 2.07. The number of amides is 2. The molecule has 1 aromatic heterocycles. The van der Waals surface area contributed by atoms with E-state index in [1.165, 1.54) is 55.4 Å². The Morgan fingerprint density at radius 2 is 1.41 bits per heavy atom. The van der Waals surface area contributed by atoms with Crippen molar-refractivity contribution in [3.8, 4) is 11.5 Å². The van der Waals surface area contributed by atoms with Crippen LogP contribution in [0.4, 0.5) is 0 Å². The Balaban J connectivity index is 1.99. The maximum Gasteiger partial charge on any atom is 0.242 e. The molecule has 0 bridgehead atoms. The largest absolute Gasteiger partial charge is 0.493 e. The maximum absolute atomic E-state index is 13.7. The molecular weight excluding hydrogens is 532 g/mol. The van der Waals surface area contributed by atoms with Crippen LogP contribution < -0.4 is 9.47 Å². The first-order chi connectivity index (χ1) is 19.9. The summed E-state index contributed by atoms with van der Waals surface area (Å²) < 4.78 is 10.9. The fourth-order valence-corrected chi connectivity index (χ4v) is 5.90. The Morgan fingerprint density at radius 3 is 2.02 bits per heavy atom. The van der Waals surface area contributed by atoms with Crippen LogP contribution in [-0.4, -0.2) is 55.5 Å². The molecule has 41 heavy (non-hydrogen) atoms. The molecule has 0 radical (unpaired) electrons. The molecule has 0 aliphatic carbocycles. The van der Waals surface area contributed by atoms with Crippen LogP contribution in [0.5, 0.6) is 11.5 Å². The monoisotopic (exact) mass is 586 g/mol. The molecule has 1 aromatic carbocycles. The molecule has 2 amide bonds. The number of unbranched alkanes of at least 4 members (excludes halogenated alkanes) is 9. The van der Waals surface area contributed by atoms with Gasteiger partial charge < -0.3 is 19.3 Å². The summed E-state index contributed by atoms with van der Waals surface area (Å²) in [4.78, 5) is 31.9. The van der Waals surface area contributed by atoms with E-state index in [1.54, 1.807) is 30.5 Å². The van der Waals surface area contributed by atoms with Crippen molar-refractivity contribution in [3.05, 3.63) is 45.6 Å². The van der Waals surface area contributed by atoms with E-state index in [9.17, 15) is 9.59 Å². The van der Waals surface area contributed by atoms with Gasteiger partial charge in [-0.15, -0.1) is 11.3 Å². The minimum atomic E-state index is 0.00908. The van der Waals surface area contributed by atoms with E-state index in [1.807, 2.05) is 23.1 Å². The molecule has 2 rings (SSSR count). The fraction of sp³-hybridized carbons (Fsp3) is 0.647. The molecule has 2 aromatic rings. The number of methoxy groups -OCH3 is 2. The minimum Gasteiger partial charge on any atom is -0.493 e. The summed E-state index contributed by atoms with van der Waals surface area (Å²) in [7, 11) is 3.26. The highest BCUT2D eigenvalue weighted by Gasteiger charge is 2.22. The molecule has 0 saturated carbocycles. The van der Waals surface area contributed by atoms with Crippen molar-refractivity contribution in [2.24, 2.45) is 0 Å². The number of hydrogen-bond acceptors (Lipinski definition) is 5. The summed E-state index contributed by atoms with van der Waals surface area (Å²) in [6, 6.07) is 7.99. The van der Waals surface area contributed by atoms with Crippen molar-refractivity contribution in [2.45, 2.75) is 111 Å². The van der Waals surface area contributed by atoms with E-state index in [4.69, 9.17) is 9.47 Å². The van der Waals surface area contributed by atoms with E-state index in [2.05, 4.69) is 32.2 Å². The third-order valence-corrected chi connectivity index (χ3v) is 8.74. The second-order valence-electron chi connectivity index (χ2n) is 11.0. The summed E-state index contributed by atoms with van der Waals surface area (Å²) in [6.07, 6.45) is 14.1. The number of thiophene rings is 1. The number of aryl methyl sites for hydroxylation is 1. The molecular formula is C34H54N2O4S. The van der Waals surface area contributed by atoms with Gasteiger partial charge in [0.15, 0.2) is 11.5 Å². The van der Waals surface area contributed by atoms with E-state index >= 15 is 0 Å².